The predicted molar refractivity (Wildman–Crippen MR) is 72.3 cm³/mol. The SMILES string of the molecule is CCNCc1ccc2[nH]c3c(c2c1)CCCC3. The summed E-state index contributed by atoms with van der Waals surface area (Å²) in [4.78, 5) is 3.58. The van der Waals surface area contributed by atoms with Crippen LogP contribution in [0, 0.1) is 0 Å². The molecule has 0 atom stereocenters. The number of benzene rings is 1. The first-order valence-corrected chi connectivity index (χ1v) is 6.71. The Morgan fingerprint density at radius 1 is 1.24 bits per heavy atom. The maximum atomic E-state index is 3.58. The maximum absolute atomic E-state index is 3.58. The van der Waals surface area contributed by atoms with Crippen molar-refractivity contribution in [2.75, 3.05) is 6.54 Å². The summed E-state index contributed by atoms with van der Waals surface area (Å²) in [6, 6.07) is 6.83. The van der Waals surface area contributed by atoms with Gasteiger partial charge in [0.1, 0.15) is 0 Å². The molecule has 1 aliphatic rings. The van der Waals surface area contributed by atoms with E-state index in [0.29, 0.717) is 0 Å². The molecule has 2 N–H and O–H groups in total. The van der Waals surface area contributed by atoms with Crippen molar-refractivity contribution in [3.8, 4) is 0 Å². The highest BCUT2D eigenvalue weighted by atomic mass is 14.8. The molecule has 0 amide bonds. The fourth-order valence-corrected chi connectivity index (χ4v) is 2.83. The standard InChI is InChI=1S/C15H20N2/c1-2-16-10-11-7-8-15-13(9-11)12-5-3-4-6-14(12)17-15/h7-9,16-17H,2-6,10H2,1H3. The summed E-state index contributed by atoms with van der Waals surface area (Å²) in [7, 11) is 0. The first-order valence-electron chi connectivity index (χ1n) is 6.71. The first-order chi connectivity index (χ1) is 8.38. The summed E-state index contributed by atoms with van der Waals surface area (Å²) in [6.45, 7) is 4.16. The van der Waals surface area contributed by atoms with Gasteiger partial charge < -0.3 is 10.3 Å². The van der Waals surface area contributed by atoms with Gasteiger partial charge in [0.05, 0.1) is 0 Å². The molecule has 17 heavy (non-hydrogen) atoms. The normalized spacial score (nSPS) is 15.1. The van der Waals surface area contributed by atoms with E-state index in [1.165, 1.54) is 47.8 Å². The minimum Gasteiger partial charge on any atom is -0.358 e. The van der Waals surface area contributed by atoms with Crippen LogP contribution in [0.2, 0.25) is 0 Å². The fourth-order valence-electron chi connectivity index (χ4n) is 2.83. The predicted octanol–water partition coefficient (Wildman–Crippen LogP) is 3.16. The molecule has 3 rings (SSSR count). The Bertz CT molecular complexity index is 525. The molecular formula is C15H20N2. The molecule has 0 saturated carbocycles. The van der Waals surface area contributed by atoms with Gasteiger partial charge in [-0.2, -0.15) is 0 Å². The van der Waals surface area contributed by atoms with Crippen LogP contribution in [0.1, 0.15) is 36.6 Å². The number of hydrogen-bond donors (Lipinski definition) is 2. The summed E-state index contributed by atoms with van der Waals surface area (Å²) < 4.78 is 0. The first kappa shape index (κ1) is 10.8. The number of nitrogens with one attached hydrogen (secondary N) is 2. The average Bonchev–Trinajstić information content (AvgIpc) is 2.74. The van der Waals surface area contributed by atoms with Crippen molar-refractivity contribution in [1.29, 1.82) is 0 Å². The van der Waals surface area contributed by atoms with Crippen molar-refractivity contribution in [3.63, 3.8) is 0 Å². The maximum Gasteiger partial charge on any atom is 0.0459 e. The topological polar surface area (TPSA) is 27.8 Å². The second-order valence-corrected chi connectivity index (χ2v) is 4.95. The molecule has 0 unspecified atom stereocenters. The Morgan fingerprint density at radius 3 is 3.00 bits per heavy atom. The highest BCUT2D eigenvalue weighted by Gasteiger charge is 2.15. The Labute approximate surface area is 102 Å². The van der Waals surface area contributed by atoms with E-state index in [9.17, 15) is 0 Å². The molecule has 2 heteroatoms. The molecule has 0 aliphatic heterocycles. The van der Waals surface area contributed by atoms with Crippen molar-refractivity contribution in [1.82, 2.24) is 10.3 Å². The lowest BCUT2D eigenvalue weighted by Crippen LogP contribution is -2.11. The molecule has 90 valence electrons. The van der Waals surface area contributed by atoms with Gasteiger partial charge in [0, 0.05) is 23.1 Å². The zero-order valence-corrected chi connectivity index (χ0v) is 10.5. The number of aryl methyl sites for hydroxylation is 2. The molecule has 1 heterocycles. The summed E-state index contributed by atoms with van der Waals surface area (Å²) in [5.41, 5.74) is 5.76. The summed E-state index contributed by atoms with van der Waals surface area (Å²) in [6.07, 6.45) is 5.16. The fraction of sp³-hybridized carbons (Fsp3) is 0.467. The van der Waals surface area contributed by atoms with E-state index in [4.69, 9.17) is 0 Å². The summed E-state index contributed by atoms with van der Waals surface area (Å²) >= 11 is 0. The van der Waals surface area contributed by atoms with Gasteiger partial charge in [-0.25, -0.2) is 0 Å². The Kier molecular flexibility index (Phi) is 2.89. The van der Waals surface area contributed by atoms with Gasteiger partial charge in [-0.05, 0) is 55.5 Å². The third-order valence-corrected chi connectivity index (χ3v) is 3.74. The molecule has 1 aromatic heterocycles. The number of aromatic amines is 1. The Morgan fingerprint density at radius 2 is 2.12 bits per heavy atom. The van der Waals surface area contributed by atoms with Crippen LogP contribution >= 0.6 is 0 Å². The molecule has 0 fully saturated rings. The Hall–Kier alpha value is -1.28. The van der Waals surface area contributed by atoms with Crippen LogP contribution in [0.3, 0.4) is 0 Å². The van der Waals surface area contributed by atoms with E-state index in [0.717, 1.165) is 13.1 Å². The van der Waals surface area contributed by atoms with Crippen LogP contribution in [0.25, 0.3) is 10.9 Å². The van der Waals surface area contributed by atoms with Crippen molar-refractivity contribution < 1.29 is 0 Å². The van der Waals surface area contributed by atoms with E-state index in [1.807, 2.05) is 0 Å². The van der Waals surface area contributed by atoms with Crippen molar-refractivity contribution >= 4 is 10.9 Å². The average molecular weight is 228 g/mol. The lowest BCUT2D eigenvalue weighted by Gasteiger charge is -2.10. The van der Waals surface area contributed by atoms with E-state index in [1.54, 1.807) is 5.56 Å². The van der Waals surface area contributed by atoms with Gasteiger partial charge in [-0.3, -0.25) is 0 Å². The molecular weight excluding hydrogens is 208 g/mol. The van der Waals surface area contributed by atoms with E-state index in [-0.39, 0.29) is 0 Å². The quantitative estimate of drug-likeness (QED) is 0.829. The van der Waals surface area contributed by atoms with Crippen molar-refractivity contribution in [2.24, 2.45) is 0 Å². The van der Waals surface area contributed by atoms with Crippen molar-refractivity contribution in [3.05, 3.63) is 35.0 Å². The number of hydrogen-bond acceptors (Lipinski definition) is 1. The van der Waals surface area contributed by atoms with Gasteiger partial charge in [0.15, 0.2) is 0 Å². The van der Waals surface area contributed by atoms with E-state index < -0.39 is 0 Å². The second-order valence-electron chi connectivity index (χ2n) is 4.95. The monoisotopic (exact) mass is 228 g/mol. The molecule has 0 saturated heterocycles. The van der Waals surface area contributed by atoms with Crippen molar-refractivity contribution in [2.45, 2.75) is 39.2 Å². The minimum absolute atomic E-state index is 0.979. The molecule has 0 bridgehead atoms. The highest BCUT2D eigenvalue weighted by Crippen LogP contribution is 2.29. The van der Waals surface area contributed by atoms with Crippen LogP contribution in [-0.4, -0.2) is 11.5 Å². The largest absolute Gasteiger partial charge is 0.358 e. The zero-order chi connectivity index (χ0) is 11.7. The van der Waals surface area contributed by atoms with Crippen LogP contribution in [-0.2, 0) is 19.4 Å². The number of H-pyrrole nitrogens is 1. The highest BCUT2D eigenvalue weighted by molar-refractivity contribution is 5.85. The minimum atomic E-state index is 0.979. The number of rotatable bonds is 3. The third kappa shape index (κ3) is 1.98. The lowest BCUT2D eigenvalue weighted by atomic mass is 9.95. The van der Waals surface area contributed by atoms with Gasteiger partial charge >= 0.3 is 0 Å². The third-order valence-electron chi connectivity index (χ3n) is 3.74. The second kappa shape index (κ2) is 4.53. The summed E-state index contributed by atoms with van der Waals surface area (Å²) in [5, 5.41) is 4.85. The van der Waals surface area contributed by atoms with Gasteiger partial charge in [0.25, 0.3) is 0 Å². The van der Waals surface area contributed by atoms with E-state index in [2.05, 4.69) is 35.4 Å². The zero-order valence-electron chi connectivity index (χ0n) is 10.5. The van der Waals surface area contributed by atoms with E-state index >= 15 is 0 Å². The lowest BCUT2D eigenvalue weighted by molar-refractivity contribution is 0.680. The number of aromatic nitrogens is 1. The summed E-state index contributed by atoms with van der Waals surface area (Å²) in [5.74, 6) is 0. The molecule has 2 aromatic rings. The van der Waals surface area contributed by atoms with Gasteiger partial charge in [0.2, 0.25) is 0 Å². The molecule has 0 spiro atoms. The molecule has 2 nitrogen and oxygen atoms in total. The molecule has 1 aliphatic carbocycles. The van der Waals surface area contributed by atoms with Crippen LogP contribution in [0.4, 0.5) is 0 Å². The molecule has 1 aromatic carbocycles. The van der Waals surface area contributed by atoms with Gasteiger partial charge in [-0.1, -0.05) is 13.0 Å². The van der Waals surface area contributed by atoms with Crippen LogP contribution in [0.5, 0.6) is 0 Å². The Balaban J connectivity index is 2.02. The number of fused-ring (bicyclic) bond motifs is 3. The van der Waals surface area contributed by atoms with Gasteiger partial charge in [-0.15, -0.1) is 0 Å². The van der Waals surface area contributed by atoms with Crippen LogP contribution < -0.4 is 5.32 Å². The molecule has 0 radical (unpaired) electrons. The smallest absolute Gasteiger partial charge is 0.0459 e. The van der Waals surface area contributed by atoms with Crippen LogP contribution in [0.15, 0.2) is 18.2 Å².